The van der Waals surface area contributed by atoms with Crippen molar-refractivity contribution in [3.05, 3.63) is 71.0 Å². The molecular weight excluding hydrogens is 338 g/mol. The van der Waals surface area contributed by atoms with Crippen LogP contribution in [0.3, 0.4) is 0 Å². The van der Waals surface area contributed by atoms with Crippen LogP contribution in [0, 0.1) is 0 Å². The molecule has 0 radical (unpaired) electrons. The number of nitrogens with zero attached hydrogens (tertiary/aromatic N) is 3. The van der Waals surface area contributed by atoms with Gasteiger partial charge in [-0.15, -0.1) is 0 Å². The minimum atomic E-state index is -0.314. The van der Waals surface area contributed by atoms with Gasteiger partial charge in [-0.2, -0.15) is 0 Å². The summed E-state index contributed by atoms with van der Waals surface area (Å²) in [5, 5.41) is 3.45. The summed E-state index contributed by atoms with van der Waals surface area (Å²) in [6.07, 6.45) is 1.65. The molecule has 0 saturated carbocycles. The number of nitrogen functional groups attached to an aromatic ring is 1. The number of para-hydroxylation sites is 2. The number of anilines is 1. The maximum atomic E-state index is 12.5. The monoisotopic (exact) mass is 351 g/mol. The molecule has 0 spiro atoms. The zero-order valence-electron chi connectivity index (χ0n) is 13.1. The number of nitrogens with one attached hydrogen (secondary N) is 1. The first kappa shape index (κ1) is 15.4. The van der Waals surface area contributed by atoms with Gasteiger partial charge >= 0.3 is 0 Å². The van der Waals surface area contributed by atoms with E-state index in [-0.39, 0.29) is 17.4 Å². The average Bonchev–Trinajstić information content (AvgIpc) is 2.99. The van der Waals surface area contributed by atoms with Crippen molar-refractivity contribution in [3.63, 3.8) is 0 Å². The van der Waals surface area contributed by atoms with Gasteiger partial charge in [0.15, 0.2) is 11.5 Å². The van der Waals surface area contributed by atoms with Crippen molar-refractivity contribution in [1.29, 1.82) is 0 Å². The smallest absolute Gasteiger partial charge is 0.271 e. The van der Waals surface area contributed by atoms with Crippen LogP contribution in [0.2, 0.25) is 5.02 Å². The summed E-state index contributed by atoms with van der Waals surface area (Å²) in [5.74, 6) is -0.0991. The fraction of sp³-hybridized carbons (Fsp3) is 0.0556. The maximum absolute atomic E-state index is 12.5. The number of hydrogen-bond donors (Lipinski definition) is 2. The molecule has 1 amide bonds. The summed E-state index contributed by atoms with van der Waals surface area (Å²) < 4.78 is 1.78. The first-order valence-electron chi connectivity index (χ1n) is 7.68. The molecule has 0 aliphatic heterocycles. The quantitative estimate of drug-likeness (QED) is 0.594. The van der Waals surface area contributed by atoms with Crippen LogP contribution in [-0.4, -0.2) is 20.3 Å². The summed E-state index contributed by atoms with van der Waals surface area (Å²) in [6, 6.07) is 14.9. The highest BCUT2D eigenvalue weighted by Crippen LogP contribution is 2.20. The molecule has 7 heteroatoms. The summed E-state index contributed by atoms with van der Waals surface area (Å²) in [4.78, 5) is 21.1. The number of fused-ring (bicyclic) bond motifs is 3. The largest absolute Gasteiger partial charge is 0.381 e. The molecule has 2 aromatic heterocycles. The molecule has 0 fully saturated rings. The lowest BCUT2D eigenvalue weighted by atomic mass is 10.2. The summed E-state index contributed by atoms with van der Waals surface area (Å²) in [6.45, 7) is 0.351. The van der Waals surface area contributed by atoms with Gasteiger partial charge in [0, 0.05) is 17.8 Å². The second kappa shape index (κ2) is 6.07. The number of benzene rings is 2. The highest BCUT2D eigenvalue weighted by molar-refractivity contribution is 6.30. The van der Waals surface area contributed by atoms with Crippen LogP contribution in [0.5, 0.6) is 0 Å². The van der Waals surface area contributed by atoms with Crippen molar-refractivity contribution < 1.29 is 4.79 Å². The van der Waals surface area contributed by atoms with E-state index < -0.39 is 0 Å². The summed E-state index contributed by atoms with van der Waals surface area (Å²) in [5.41, 5.74) is 9.34. The van der Waals surface area contributed by atoms with Crippen LogP contribution in [0.15, 0.2) is 54.7 Å². The van der Waals surface area contributed by atoms with E-state index in [2.05, 4.69) is 15.3 Å². The first-order valence-corrected chi connectivity index (χ1v) is 8.05. The Balaban J connectivity index is 1.66. The second-order valence-electron chi connectivity index (χ2n) is 5.62. The molecule has 2 heterocycles. The van der Waals surface area contributed by atoms with E-state index in [0.29, 0.717) is 17.2 Å². The first-order chi connectivity index (χ1) is 12.1. The van der Waals surface area contributed by atoms with Gasteiger partial charge in [-0.25, -0.2) is 9.97 Å². The second-order valence-corrected chi connectivity index (χ2v) is 6.05. The molecular formula is C18H14ClN5O. The van der Waals surface area contributed by atoms with Crippen molar-refractivity contribution in [2.24, 2.45) is 0 Å². The Hall–Kier alpha value is -3.12. The third kappa shape index (κ3) is 2.88. The van der Waals surface area contributed by atoms with Crippen LogP contribution < -0.4 is 11.1 Å². The highest BCUT2D eigenvalue weighted by Gasteiger charge is 2.14. The number of rotatable bonds is 3. The van der Waals surface area contributed by atoms with Crippen LogP contribution in [0.4, 0.5) is 5.82 Å². The minimum Gasteiger partial charge on any atom is -0.381 e. The third-order valence-corrected chi connectivity index (χ3v) is 4.13. The number of aromatic nitrogens is 3. The standard InChI is InChI=1S/C18H14ClN5O/c19-12-5-3-4-11(8-12)9-21-18(25)14-10-24-15-7-2-1-6-13(15)23-17(24)16(20)22-14/h1-8,10H,9H2,(H2,20,22)(H,21,25). The number of carbonyl (C=O) groups excluding carboxylic acids is 1. The van der Waals surface area contributed by atoms with E-state index in [1.54, 1.807) is 22.7 Å². The fourth-order valence-corrected chi connectivity index (χ4v) is 2.93. The van der Waals surface area contributed by atoms with Crippen LogP contribution in [0.1, 0.15) is 16.1 Å². The lowest BCUT2D eigenvalue weighted by Gasteiger charge is -2.07. The molecule has 25 heavy (non-hydrogen) atoms. The Morgan fingerprint density at radius 2 is 2.00 bits per heavy atom. The van der Waals surface area contributed by atoms with Gasteiger partial charge < -0.3 is 11.1 Å². The minimum absolute atomic E-state index is 0.214. The predicted octanol–water partition coefficient (Wildman–Crippen LogP) is 3.05. The van der Waals surface area contributed by atoms with Crippen LogP contribution in [-0.2, 0) is 6.54 Å². The Kier molecular flexibility index (Phi) is 3.74. The SMILES string of the molecule is Nc1nc(C(=O)NCc2cccc(Cl)c2)cn2c1nc1ccccc12. The van der Waals surface area contributed by atoms with Gasteiger partial charge in [-0.05, 0) is 29.8 Å². The zero-order chi connectivity index (χ0) is 17.4. The molecule has 0 aliphatic carbocycles. The van der Waals surface area contributed by atoms with E-state index >= 15 is 0 Å². The molecule has 4 rings (SSSR count). The van der Waals surface area contributed by atoms with E-state index in [0.717, 1.165) is 16.6 Å². The number of imidazole rings is 1. The van der Waals surface area contributed by atoms with Crippen LogP contribution in [0.25, 0.3) is 16.7 Å². The van der Waals surface area contributed by atoms with E-state index in [4.69, 9.17) is 17.3 Å². The van der Waals surface area contributed by atoms with Crippen molar-refractivity contribution in [1.82, 2.24) is 19.7 Å². The van der Waals surface area contributed by atoms with Gasteiger partial charge in [0.2, 0.25) is 0 Å². The lowest BCUT2D eigenvalue weighted by molar-refractivity contribution is 0.0945. The van der Waals surface area contributed by atoms with Crippen molar-refractivity contribution in [2.75, 3.05) is 5.73 Å². The van der Waals surface area contributed by atoms with Gasteiger partial charge in [-0.3, -0.25) is 9.20 Å². The molecule has 0 unspecified atom stereocenters. The molecule has 6 nitrogen and oxygen atoms in total. The fourth-order valence-electron chi connectivity index (χ4n) is 2.72. The number of amides is 1. The van der Waals surface area contributed by atoms with Gasteiger partial charge in [0.05, 0.1) is 11.0 Å². The highest BCUT2D eigenvalue weighted by atomic mass is 35.5. The maximum Gasteiger partial charge on any atom is 0.271 e. The molecule has 2 aromatic carbocycles. The molecule has 0 saturated heterocycles. The lowest BCUT2D eigenvalue weighted by Crippen LogP contribution is -2.24. The Bertz CT molecular complexity index is 1110. The van der Waals surface area contributed by atoms with E-state index in [9.17, 15) is 4.79 Å². The number of nitrogens with two attached hydrogens (primary N) is 1. The number of hydrogen-bond acceptors (Lipinski definition) is 4. The molecule has 124 valence electrons. The van der Waals surface area contributed by atoms with Crippen molar-refractivity contribution in [2.45, 2.75) is 6.54 Å². The van der Waals surface area contributed by atoms with Crippen molar-refractivity contribution in [3.8, 4) is 0 Å². The Morgan fingerprint density at radius 1 is 1.16 bits per heavy atom. The molecule has 0 aliphatic rings. The molecule has 3 N–H and O–H groups in total. The predicted molar refractivity (Wildman–Crippen MR) is 97.5 cm³/mol. The average molecular weight is 352 g/mol. The summed E-state index contributed by atoms with van der Waals surface area (Å²) >= 11 is 5.95. The van der Waals surface area contributed by atoms with E-state index in [1.807, 2.05) is 36.4 Å². The summed E-state index contributed by atoms with van der Waals surface area (Å²) in [7, 11) is 0. The normalized spacial score (nSPS) is 11.1. The Morgan fingerprint density at radius 3 is 2.84 bits per heavy atom. The van der Waals surface area contributed by atoms with Gasteiger partial charge in [0.25, 0.3) is 5.91 Å². The van der Waals surface area contributed by atoms with Crippen molar-refractivity contribution >= 4 is 40.0 Å². The number of halogens is 1. The van der Waals surface area contributed by atoms with Crippen LogP contribution >= 0.6 is 11.6 Å². The molecule has 4 aromatic rings. The van der Waals surface area contributed by atoms with E-state index in [1.165, 1.54) is 0 Å². The third-order valence-electron chi connectivity index (χ3n) is 3.89. The molecule has 0 atom stereocenters. The Labute approximate surface area is 148 Å². The van der Waals surface area contributed by atoms with Gasteiger partial charge in [0.1, 0.15) is 5.69 Å². The zero-order valence-corrected chi connectivity index (χ0v) is 13.9. The van der Waals surface area contributed by atoms with Gasteiger partial charge in [-0.1, -0.05) is 35.9 Å². The topological polar surface area (TPSA) is 85.3 Å². The molecule has 0 bridgehead atoms. The number of carbonyl (C=O) groups is 1.